The lowest BCUT2D eigenvalue weighted by Crippen LogP contribution is -1.94. The fraction of sp³-hybridized carbons (Fsp3) is 0.333. The lowest BCUT2D eigenvalue weighted by molar-refractivity contribution is 0.174. The number of phenols is 2. The van der Waals surface area contributed by atoms with E-state index in [9.17, 15) is 10.2 Å². The Balaban J connectivity index is 1.67. The van der Waals surface area contributed by atoms with Crippen molar-refractivity contribution in [2.75, 3.05) is 13.9 Å². The lowest BCUT2D eigenvalue weighted by atomic mass is 10.0. The van der Waals surface area contributed by atoms with Crippen LogP contribution in [0, 0.1) is 6.92 Å². The van der Waals surface area contributed by atoms with Crippen LogP contribution in [0.2, 0.25) is 0 Å². The summed E-state index contributed by atoms with van der Waals surface area (Å²) in [5.41, 5.74) is 2.69. The highest BCUT2D eigenvalue weighted by Crippen LogP contribution is 2.38. The Bertz CT molecular complexity index is 724. The Hall–Kier alpha value is -2.56. The Morgan fingerprint density at radius 3 is 2.26 bits per heavy atom. The minimum Gasteiger partial charge on any atom is -0.508 e. The van der Waals surface area contributed by atoms with Gasteiger partial charge in [-0.15, -0.1) is 0 Å². The predicted molar refractivity (Wildman–Crippen MR) is 85.7 cm³/mol. The van der Waals surface area contributed by atoms with Crippen LogP contribution in [0.4, 0.5) is 0 Å². The first-order chi connectivity index (χ1) is 11.1. The van der Waals surface area contributed by atoms with Gasteiger partial charge in [-0.05, 0) is 55.0 Å². The van der Waals surface area contributed by atoms with Crippen molar-refractivity contribution in [2.45, 2.75) is 26.2 Å². The van der Waals surface area contributed by atoms with Gasteiger partial charge >= 0.3 is 0 Å². The van der Waals surface area contributed by atoms with Crippen LogP contribution in [0.3, 0.4) is 0 Å². The van der Waals surface area contributed by atoms with Gasteiger partial charge < -0.3 is 24.4 Å². The van der Waals surface area contributed by atoms with Crippen molar-refractivity contribution in [3.05, 3.63) is 41.0 Å². The van der Waals surface area contributed by atoms with Gasteiger partial charge in [-0.1, -0.05) is 0 Å². The molecule has 122 valence electrons. The highest BCUT2D eigenvalue weighted by atomic mass is 16.7. The Labute approximate surface area is 135 Å². The summed E-state index contributed by atoms with van der Waals surface area (Å²) >= 11 is 0. The number of aromatic hydroxyl groups is 2. The molecule has 0 spiro atoms. The molecule has 0 fully saturated rings. The van der Waals surface area contributed by atoms with Crippen molar-refractivity contribution in [1.82, 2.24) is 0 Å². The summed E-state index contributed by atoms with van der Waals surface area (Å²) in [5, 5.41) is 20.1. The fourth-order valence-electron chi connectivity index (χ4n) is 2.80. The third kappa shape index (κ3) is 3.13. The molecule has 1 heterocycles. The summed E-state index contributed by atoms with van der Waals surface area (Å²) in [7, 11) is 1.59. The zero-order valence-corrected chi connectivity index (χ0v) is 13.3. The lowest BCUT2D eigenvalue weighted by Gasteiger charge is -2.11. The maximum Gasteiger partial charge on any atom is 0.231 e. The van der Waals surface area contributed by atoms with Crippen molar-refractivity contribution in [3.63, 3.8) is 0 Å². The maximum absolute atomic E-state index is 10.1. The number of hydrogen-bond acceptors (Lipinski definition) is 5. The molecule has 0 bridgehead atoms. The Morgan fingerprint density at radius 2 is 1.57 bits per heavy atom. The Morgan fingerprint density at radius 1 is 0.957 bits per heavy atom. The molecule has 3 rings (SSSR count). The number of phenolic OH excluding ortho intramolecular Hbond substituents is 2. The molecule has 0 radical (unpaired) electrons. The number of ether oxygens (including phenoxy) is 3. The van der Waals surface area contributed by atoms with Crippen LogP contribution in [0.15, 0.2) is 24.3 Å². The van der Waals surface area contributed by atoms with Crippen molar-refractivity contribution < 1.29 is 24.4 Å². The number of aryl methyl sites for hydroxylation is 3. The summed E-state index contributed by atoms with van der Waals surface area (Å²) in [4.78, 5) is 0. The second-order valence-electron chi connectivity index (χ2n) is 5.64. The van der Waals surface area contributed by atoms with Gasteiger partial charge in [0.15, 0.2) is 11.5 Å². The molecular weight excluding hydrogens is 296 g/mol. The van der Waals surface area contributed by atoms with Crippen LogP contribution in [-0.2, 0) is 12.8 Å². The van der Waals surface area contributed by atoms with Gasteiger partial charge in [-0.3, -0.25) is 0 Å². The SMILES string of the molecule is COc1cc(O)c(CCCc2cc3c(cc2O)OCO3)cc1C. The quantitative estimate of drug-likeness (QED) is 0.885. The topological polar surface area (TPSA) is 68.2 Å². The van der Waals surface area contributed by atoms with E-state index in [1.165, 1.54) is 0 Å². The van der Waals surface area contributed by atoms with Gasteiger partial charge in [0, 0.05) is 12.1 Å². The third-order valence-corrected chi connectivity index (χ3v) is 4.06. The van der Waals surface area contributed by atoms with E-state index in [-0.39, 0.29) is 18.3 Å². The molecule has 2 aromatic carbocycles. The fourth-order valence-corrected chi connectivity index (χ4v) is 2.80. The maximum atomic E-state index is 10.1. The standard InChI is InChI=1S/C18H20O5/c1-11-6-12(14(19)8-16(11)21-2)4-3-5-13-7-17-18(9-15(13)20)23-10-22-17/h6-9,19-20H,3-5,10H2,1-2H3. The minimum atomic E-state index is 0.192. The van der Waals surface area contributed by atoms with Crippen LogP contribution in [0.5, 0.6) is 28.7 Å². The van der Waals surface area contributed by atoms with Gasteiger partial charge in [0.25, 0.3) is 0 Å². The molecule has 0 unspecified atom stereocenters. The van der Waals surface area contributed by atoms with E-state index >= 15 is 0 Å². The van der Waals surface area contributed by atoms with Crippen molar-refractivity contribution >= 4 is 0 Å². The van der Waals surface area contributed by atoms with E-state index in [0.717, 1.165) is 23.1 Å². The second-order valence-corrected chi connectivity index (χ2v) is 5.64. The largest absolute Gasteiger partial charge is 0.508 e. The van der Waals surface area contributed by atoms with Crippen LogP contribution in [0.1, 0.15) is 23.1 Å². The number of benzene rings is 2. The minimum absolute atomic E-state index is 0.192. The number of fused-ring (bicyclic) bond motifs is 1. The van der Waals surface area contributed by atoms with Crippen molar-refractivity contribution in [2.24, 2.45) is 0 Å². The van der Waals surface area contributed by atoms with Crippen molar-refractivity contribution in [1.29, 1.82) is 0 Å². The van der Waals surface area contributed by atoms with Gasteiger partial charge in [-0.25, -0.2) is 0 Å². The molecule has 1 aliphatic rings. The molecular formula is C18H20O5. The molecule has 2 N–H and O–H groups in total. The summed E-state index contributed by atoms with van der Waals surface area (Å²) in [6.45, 7) is 2.14. The van der Waals surface area contributed by atoms with Crippen LogP contribution in [0.25, 0.3) is 0 Å². The smallest absolute Gasteiger partial charge is 0.231 e. The number of hydrogen-bond donors (Lipinski definition) is 2. The highest BCUT2D eigenvalue weighted by Gasteiger charge is 2.17. The van der Waals surface area contributed by atoms with Crippen LogP contribution >= 0.6 is 0 Å². The van der Waals surface area contributed by atoms with E-state index in [4.69, 9.17) is 14.2 Å². The van der Waals surface area contributed by atoms with Crippen molar-refractivity contribution in [3.8, 4) is 28.7 Å². The second kappa shape index (κ2) is 6.28. The molecule has 5 nitrogen and oxygen atoms in total. The monoisotopic (exact) mass is 316 g/mol. The molecule has 0 saturated carbocycles. The number of rotatable bonds is 5. The molecule has 23 heavy (non-hydrogen) atoms. The Kier molecular flexibility index (Phi) is 4.19. The number of methoxy groups -OCH3 is 1. The van der Waals surface area contributed by atoms with E-state index in [1.807, 2.05) is 19.1 Å². The summed E-state index contributed by atoms with van der Waals surface area (Å²) in [5.74, 6) is 2.38. The zero-order valence-electron chi connectivity index (χ0n) is 13.3. The van der Waals surface area contributed by atoms with Crippen LogP contribution in [-0.4, -0.2) is 24.1 Å². The molecule has 1 aliphatic heterocycles. The first-order valence-electron chi connectivity index (χ1n) is 7.56. The molecule has 2 aromatic rings. The van der Waals surface area contributed by atoms with Gasteiger partial charge in [0.2, 0.25) is 6.79 Å². The zero-order chi connectivity index (χ0) is 16.4. The van der Waals surface area contributed by atoms with E-state index < -0.39 is 0 Å². The summed E-state index contributed by atoms with van der Waals surface area (Å²) < 4.78 is 15.8. The normalized spacial score (nSPS) is 12.4. The average Bonchev–Trinajstić information content (AvgIpc) is 2.97. The predicted octanol–water partition coefficient (Wildman–Crippen LogP) is 3.32. The van der Waals surface area contributed by atoms with E-state index in [2.05, 4.69) is 0 Å². The molecule has 0 aromatic heterocycles. The van der Waals surface area contributed by atoms with Gasteiger partial charge in [0.05, 0.1) is 7.11 Å². The molecule has 0 amide bonds. The average molecular weight is 316 g/mol. The molecule has 5 heteroatoms. The summed E-state index contributed by atoms with van der Waals surface area (Å²) in [6.07, 6.45) is 2.20. The molecule has 0 atom stereocenters. The van der Waals surface area contributed by atoms with Crippen LogP contribution < -0.4 is 14.2 Å². The highest BCUT2D eigenvalue weighted by molar-refractivity contribution is 5.51. The van der Waals surface area contributed by atoms with E-state index in [0.29, 0.717) is 30.1 Å². The molecule has 0 saturated heterocycles. The van der Waals surface area contributed by atoms with Gasteiger partial charge in [0.1, 0.15) is 17.2 Å². The first-order valence-corrected chi connectivity index (χ1v) is 7.56. The third-order valence-electron chi connectivity index (χ3n) is 4.06. The van der Waals surface area contributed by atoms with Gasteiger partial charge in [-0.2, -0.15) is 0 Å². The first kappa shape index (κ1) is 15.3. The summed E-state index contributed by atoms with van der Waals surface area (Å²) in [6, 6.07) is 6.99. The van der Waals surface area contributed by atoms with E-state index in [1.54, 1.807) is 19.2 Å². The molecule has 0 aliphatic carbocycles.